The Labute approximate surface area is 119 Å². The van der Waals surface area contributed by atoms with Crippen LogP contribution in [-0.2, 0) is 0 Å². The van der Waals surface area contributed by atoms with Gasteiger partial charge in [0.1, 0.15) is 0 Å². The molecular weight excluding hydrogens is 236 g/mol. The summed E-state index contributed by atoms with van der Waals surface area (Å²) >= 11 is 0. The molecule has 2 unspecified atom stereocenters. The highest BCUT2D eigenvalue weighted by Gasteiger charge is 2.17. The van der Waals surface area contributed by atoms with Gasteiger partial charge in [-0.3, -0.25) is 9.89 Å². The predicted octanol–water partition coefficient (Wildman–Crippen LogP) is 2.07. The van der Waals surface area contributed by atoms with Crippen LogP contribution in [0.4, 0.5) is 0 Å². The predicted molar refractivity (Wildman–Crippen MR) is 83.7 cm³/mol. The van der Waals surface area contributed by atoms with Crippen LogP contribution in [0.1, 0.15) is 47.0 Å². The zero-order valence-corrected chi connectivity index (χ0v) is 13.4. The fourth-order valence-electron chi connectivity index (χ4n) is 2.38. The molecule has 0 radical (unpaired) electrons. The van der Waals surface area contributed by atoms with Crippen LogP contribution in [0.2, 0.25) is 0 Å². The van der Waals surface area contributed by atoms with Crippen molar-refractivity contribution in [1.29, 1.82) is 0 Å². The Morgan fingerprint density at radius 1 is 1.32 bits per heavy atom. The molecule has 2 N–H and O–H groups in total. The van der Waals surface area contributed by atoms with Gasteiger partial charge < -0.3 is 10.6 Å². The third kappa shape index (κ3) is 5.81. The monoisotopic (exact) mass is 268 g/mol. The number of guanidine groups is 1. The highest BCUT2D eigenvalue weighted by Crippen LogP contribution is 2.15. The van der Waals surface area contributed by atoms with E-state index in [0.717, 1.165) is 25.1 Å². The minimum absolute atomic E-state index is 0.445. The number of hydrogen-bond donors (Lipinski definition) is 2. The van der Waals surface area contributed by atoms with Crippen LogP contribution in [-0.4, -0.2) is 49.6 Å². The number of rotatable bonds is 5. The van der Waals surface area contributed by atoms with Gasteiger partial charge in [0.25, 0.3) is 0 Å². The van der Waals surface area contributed by atoms with Crippen molar-refractivity contribution in [2.45, 2.75) is 59.0 Å². The van der Waals surface area contributed by atoms with E-state index in [-0.39, 0.29) is 0 Å². The van der Waals surface area contributed by atoms with Crippen LogP contribution in [0.15, 0.2) is 4.99 Å². The highest BCUT2D eigenvalue weighted by atomic mass is 15.2. The second-order valence-corrected chi connectivity index (χ2v) is 6.06. The summed E-state index contributed by atoms with van der Waals surface area (Å²) in [5.41, 5.74) is 0. The van der Waals surface area contributed by atoms with Gasteiger partial charge in [-0.05, 0) is 39.2 Å². The molecule has 0 bridgehead atoms. The van der Waals surface area contributed by atoms with Crippen LogP contribution < -0.4 is 10.6 Å². The number of nitrogens with zero attached hydrogens (tertiary/aromatic N) is 2. The van der Waals surface area contributed by atoms with E-state index in [2.05, 4.69) is 48.2 Å². The van der Waals surface area contributed by atoms with Crippen molar-refractivity contribution in [3.8, 4) is 0 Å². The van der Waals surface area contributed by atoms with Crippen LogP contribution in [0, 0.1) is 5.92 Å². The van der Waals surface area contributed by atoms with Gasteiger partial charge in [-0.15, -0.1) is 0 Å². The average molecular weight is 268 g/mol. The summed E-state index contributed by atoms with van der Waals surface area (Å²) in [5, 5.41) is 6.86. The largest absolute Gasteiger partial charge is 0.355 e. The topological polar surface area (TPSA) is 39.7 Å². The van der Waals surface area contributed by atoms with Gasteiger partial charge in [0.2, 0.25) is 0 Å². The molecule has 1 fully saturated rings. The van der Waals surface area contributed by atoms with Crippen molar-refractivity contribution in [2.24, 2.45) is 10.9 Å². The number of hydrogen-bond acceptors (Lipinski definition) is 2. The molecule has 0 saturated carbocycles. The Hall–Kier alpha value is -0.770. The summed E-state index contributed by atoms with van der Waals surface area (Å²) in [6.07, 6.45) is 4.08. The maximum atomic E-state index is 4.29. The first-order valence-electron chi connectivity index (χ1n) is 7.75. The number of aliphatic imine (C=N–C) groups is 1. The van der Waals surface area contributed by atoms with E-state index >= 15 is 0 Å². The van der Waals surface area contributed by atoms with Crippen molar-refractivity contribution < 1.29 is 0 Å². The van der Waals surface area contributed by atoms with Crippen molar-refractivity contribution >= 4 is 5.96 Å². The van der Waals surface area contributed by atoms with E-state index in [4.69, 9.17) is 0 Å². The fourth-order valence-corrected chi connectivity index (χ4v) is 2.38. The molecule has 0 amide bonds. The van der Waals surface area contributed by atoms with Gasteiger partial charge in [0, 0.05) is 32.2 Å². The normalized spacial score (nSPS) is 23.5. The molecule has 1 aliphatic rings. The first-order chi connectivity index (χ1) is 9.04. The van der Waals surface area contributed by atoms with Gasteiger partial charge >= 0.3 is 0 Å². The lowest BCUT2D eigenvalue weighted by Crippen LogP contribution is -2.48. The molecule has 1 aliphatic heterocycles. The van der Waals surface area contributed by atoms with E-state index in [1.807, 2.05) is 7.05 Å². The van der Waals surface area contributed by atoms with Crippen molar-refractivity contribution in [1.82, 2.24) is 15.5 Å². The third-order valence-corrected chi connectivity index (χ3v) is 4.22. The summed E-state index contributed by atoms with van der Waals surface area (Å²) < 4.78 is 0. The quantitative estimate of drug-likeness (QED) is 0.592. The van der Waals surface area contributed by atoms with Crippen LogP contribution in [0.3, 0.4) is 0 Å². The molecule has 4 heteroatoms. The lowest BCUT2D eigenvalue weighted by molar-refractivity contribution is 0.163. The van der Waals surface area contributed by atoms with E-state index in [9.17, 15) is 0 Å². The standard InChI is InChI=1S/C15H32N4/c1-12(2)14(4)18-15(16-5)17-9-11-19-10-7-6-8-13(19)3/h12-14H,6-11H2,1-5H3,(H2,16,17,18). The molecule has 112 valence electrons. The van der Waals surface area contributed by atoms with Gasteiger partial charge in [-0.25, -0.2) is 0 Å². The van der Waals surface area contributed by atoms with Crippen molar-refractivity contribution in [3.63, 3.8) is 0 Å². The lowest BCUT2D eigenvalue weighted by atomic mass is 10.0. The molecule has 0 aromatic carbocycles. The minimum Gasteiger partial charge on any atom is -0.355 e. The first-order valence-corrected chi connectivity index (χ1v) is 7.75. The van der Waals surface area contributed by atoms with Gasteiger partial charge in [-0.1, -0.05) is 20.3 Å². The lowest BCUT2D eigenvalue weighted by Gasteiger charge is -2.33. The fraction of sp³-hybridized carbons (Fsp3) is 0.933. The van der Waals surface area contributed by atoms with Crippen LogP contribution in [0.25, 0.3) is 0 Å². The van der Waals surface area contributed by atoms with Crippen molar-refractivity contribution in [2.75, 3.05) is 26.7 Å². The summed E-state index contributed by atoms with van der Waals surface area (Å²) in [6, 6.07) is 1.18. The summed E-state index contributed by atoms with van der Waals surface area (Å²) in [7, 11) is 1.84. The molecular formula is C15H32N4. The Balaban J connectivity index is 2.26. The molecule has 0 spiro atoms. The molecule has 0 aromatic heterocycles. The van der Waals surface area contributed by atoms with E-state index in [1.165, 1.54) is 25.8 Å². The maximum Gasteiger partial charge on any atom is 0.191 e. The average Bonchev–Trinajstić information content (AvgIpc) is 2.39. The summed E-state index contributed by atoms with van der Waals surface area (Å²) in [5.74, 6) is 1.53. The molecule has 4 nitrogen and oxygen atoms in total. The molecule has 1 saturated heterocycles. The number of piperidine rings is 1. The van der Waals surface area contributed by atoms with Crippen LogP contribution in [0.5, 0.6) is 0 Å². The molecule has 0 aliphatic carbocycles. The SMILES string of the molecule is CN=C(NCCN1CCCCC1C)NC(C)C(C)C. The molecule has 0 aromatic rings. The van der Waals surface area contributed by atoms with Gasteiger partial charge in [0.05, 0.1) is 0 Å². The van der Waals surface area contributed by atoms with Gasteiger partial charge in [0.15, 0.2) is 5.96 Å². The minimum atomic E-state index is 0.445. The molecule has 1 heterocycles. The van der Waals surface area contributed by atoms with Gasteiger partial charge in [-0.2, -0.15) is 0 Å². The Morgan fingerprint density at radius 2 is 2.05 bits per heavy atom. The molecule has 2 atom stereocenters. The molecule has 19 heavy (non-hydrogen) atoms. The highest BCUT2D eigenvalue weighted by molar-refractivity contribution is 5.79. The Morgan fingerprint density at radius 3 is 2.63 bits per heavy atom. The maximum absolute atomic E-state index is 4.29. The molecule has 1 rings (SSSR count). The summed E-state index contributed by atoms with van der Waals surface area (Å²) in [6.45, 7) is 12.3. The Kier molecular flexibility index (Phi) is 7.21. The van der Waals surface area contributed by atoms with E-state index in [0.29, 0.717) is 12.0 Å². The zero-order valence-electron chi connectivity index (χ0n) is 13.4. The van der Waals surface area contributed by atoms with E-state index < -0.39 is 0 Å². The first kappa shape index (κ1) is 16.3. The third-order valence-electron chi connectivity index (χ3n) is 4.22. The second kappa shape index (κ2) is 8.41. The van der Waals surface area contributed by atoms with Crippen molar-refractivity contribution in [3.05, 3.63) is 0 Å². The second-order valence-electron chi connectivity index (χ2n) is 6.06. The van der Waals surface area contributed by atoms with E-state index in [1.54, 1.807) is 0 Å². The zero-order chi connectivity index (χ0) is 14.3. The van der Waals surface area contributed by atoms with Crippen LogP contribution >= 0.6 is 0 Å². The Bertz CT molecular complexity index is 275. The summed E-state index contributed by atoms with van der Waals surface area (Å²) in [4.78, 5) is 6.87. The number of nitrogens with one attached hydrogen (secondary N) is 2. The number of likely N-dealkylation sites (tertiary alicyclic amines) is 1. The smallest absolute Gasteiger partial charge is 0.191 e.